The molecule has 0 saturated heterocycles. The molecule has 0 aromatic heterocycles. The van der Waals surface area contributed by atoms with Crippen LogP contribution < -0.4 is 5.32 Å². The molecule has 0 unspecified atom stereocenters. The third-order valence-corrected chi connectivity index (χ3v) is 3.99. The summed E-state index contributed by atoms with van der Waals surface area (Å²) in [6.45, 7) is 3.84. The fourth-order valence-corrected chi connectivity index (χ4v) is 2.35. The number of halogens is 1. The van der Waals surface area contributed by atoms with Crippen LogP contribution in [0.3, 0.4) is 0 Å². The monoisotopic (exact) mass is 375 g/mol. The largest absolute Gasteiger partial charge is 0.452 e. The fourth-order valence-electron chi connectivity index (χ4n) is 1.97. The number of hydrogen-bond donors (Lipinski definition) is 1. The highest BCUT2D eigenvalue weighted by molar-refractivity contribution is 9.10. The fraction of sp³-hybridized carbons (Fsp3) is 0.222. The second kappa shape index (κ2) is 7.92. The number of benzene rings is 2. The summed E-state index contributed by atoms with van der Waals surface area (Å²) in [7, 11) is 0. The number of esters is 1. The van der Waals surface area contributed by atoms with E-state index in [-0.39, 0.29) is 12.5 Å². The third-order valence-electron chi connectivity index (χ3n) is 3.30. The van der Waals surface area contributed by atoms with Gasteiger partial charge in [-0.1, -0.05) is 38.1 Å². The van der Waals surface area contributed by atoms with Gasteiger partial charge in [0.1, 0.15) is 0 Å². The zero-order valence-electron chi connectivity index (χ0n) is 13.0. The maximum atomic E-state index is 11.9. The molecule has 2 rings (SSSR count). The predicted octanol–water partition coefficient (Wildman–Crippen LogP) is 4.37. The average Bonchev–Trinajstić information content (AvgIpc) is 2.55. The molecule has 0 fully saturated rings. The van der Waals surface area contributed by atoms with Crippen molar-refractivity contribution in [1.29, 1.82) is 0 Å². The van der Waals surface area contributed by atoms with Crippen LogP contribution in [0.2, 0.25) is 0 Å². The van der Waals surface area contributed by atoms with Crippen molar-refractivity contribution in [3.8, 4) is 0 Å². The summed E-state index contributed by atoms with van der Waals surface area (Å²) in [6.07, 6.45) is 0. The van der Waals surface area contributed by atoms with Crippen molar-refractivity contribution in [2.45, 2.75) is 19.8 Å². The Kier molecular flexibility index (Phi) is 5.93. The summed E-state index contributed by atoms with van der Waals surface area (Å²) < 4.78 is 5.80. The number of anilines is 1. The molecule has 1 amide bonds. The Balaban J connectivity index is 1.88. The Morgan fingerprint density at radius 3 is 2.35 bits per heavy atom. The van der Waals surface area contributed by atoms with Crippen molar-refractivity contribution >= 4 is 33.5 Å². The Bertz CT molecular complexity index is 696. The molecular weight excluding hydrogens is 358 g/mol. The van der Waals surface area contributed by atoms with E-state index in [0.29, 0.717) is 17.2 Å². The van der Waals surface area contributed by atoms with Crippen molar-refractivity contribution in [2.75, 3.05) is 11.9 Å². The van der Waals surface area contributed by atoms with E-state index in [0.717, 1.165) is 10.0 Å². The standard InChI is InChI=1S/C18H18BrNO3/c1-12(2)13-7-9-14(10-8-13)18(22)23-11-17(21)20-16-6-4-3-5-15(16)19/h3-10,12H,11H2,1-2H3,(H,20,21). The topological polar surface area (TPSA) is 55.4 Å². The quantitative estimate of drug-likeness (QED) is 0.789. The maximum absolute atomic E-state index is 11.9. The summed E-state index contributed by atoms with van der Waals surface area (Å²) in [4.78, 5) is 23.8. The molecule has 23 heavy (non-hydrogen) atoms. The molecule has 2 aromatic rings. The predicted molar refractivity (Wildman–Crippen MR) is 93.6 cm³/mol. The zero-order chi connectivity index (χ0) is 16.8. The van der Waals surface area contributed by atoms with Crippen molar-refractivity contribution in [3.05, 3.63) is 64.1 Å². The minimum absolute atomic E-state index is 0.327. The minimum atomic E-state index is -0.511. The molecule has 0 spiro atoms. The van der Waals surface area contributed by atoms with Crippen molar-refractivity contribution in [1.82, 2.24) is 0 Å². The van der Waals surface area contributed by atoms with Gasteiger partial charge in [0.25, 0.3) is 5.91 Å². The minimum Gasteiger partial charge on any atom is -0.452 e. The second-order valence-corrected chi connectivity index (χ2v) is 6.24. The Morgan fingerprint density at radius 1 is 1.09 bits per heavy atom. The van der Waals surface area contributed by atoms with Crippen LogP contribution in [-0.2, 0) is 9.53 Å². The first kappa shape index (κ1) is 17.2. The van der Waals surface area contributed by atoms with Crippen LogP contribution in [-0.4, -0.2) is 18.5 Å². The number of ether oxygens (including phenoxy) is 1. The summed E-state index contributed by atoms with van der Waals surface area (Å²) in [5.74, 6) is -0.498. The van der Waals surface area contributed by atoms with Crippen LogP contribution in [0, 0.1) is 0 Å². The van der Waals surface area contributed by atoms with E-state index in [2.05, 4.69) is 35.1 Å². The molecule has 0 aliphatic heterocycles. The summed E-state index contributed by atoms with van der Waals surface area (Å²) >= 11 is 3.34. The first-order chi connectivity index (χ1) is 11.0. The number of nitrogens with one attached hydrogen (secondary N) is 1. The number of rotatable bonds is 5. The van der Waals surface area contributed by atoms with Gasteiger partial charge < -0.3 is 10.1 Å². The van der Waals surface area contributed by atoms with Crippen LogP contribution in [0.25, 0.3) is 0 Å². The van der Waals surface area contributed by atoms with Gasteiger partial charge >= 0.3 is 5.97 Å². The van der Waals surface area contributed by atoms with Crippen LogP contribution >= 0.6 is 15.9 Å². The molecule has 0 aliphatic rings. The van der Waals surface area contributed by atoms with Crippen LogP contribution in [0.4, 0.5) is 5.69 Å². The normalized spacial score (nSPS) is 10.4. The van der Waals surface area contributed by atoms with E-state index in [1.54, 1.807) is 18.2 Å². The zero-order valence-corrected chi connectivity index (χ0v) is 14.6. The van der Waals surface area contributed by atoms with Gasteiger partial charge in [0, 0.05) is 4.47 Å². The molecule has 0 aliphatic carbocycles. The number of carbonyl (C=O) groups excluding carboxylic acids is 2. The highest BCUT2D eigenvalue weighted by atomic mass is 79.9. The van der Waals surface area contributed by atoms with Crippen LogP contribution in [0.15, 0.2) is 53.0 Å². The summed E-state index contributed by atoms with van der Waals surface area (Å²) in [6, 6.07) is 14.4. The van der Waals surface area contributed by atoms with Gasteiger partial charge in [-0.25, -0.2) is 4.79 Å². The second-order valence-electron chi connectivity index (χ2n) is 5.38. The van der Waals surface area contributed by atoms with Gasteiger partial charge in [0.2, 0.25) is 0 Å². The Labute approximate surface area is 144 Å². The lowest BCUT2D eigenvalue weighted by Crippen LogP contribution is -2.21. The van der Waals surface area contributed by atoms with Crippen molar-refractivity contribution < 1.29 is 14.3 Å². The average molecular weight is 376 g/mol. The first-order valence-corrected chi connectivity index (χ1v) is 8.08. The van der Waals surface area contributed by atoms with Gasteiger partial charge in [0.15, 0.2) is 6.61 Å². The molecular formula is C18H18BrNO3. The summed E-state index contributed by atoms with van der Waals surface area (Å²) in [5, 5.41) is 2.68. The summed E-state index contributed by atoms with van der Waals surface area (Å²) in [5.41, 5.74) is 2.21. The van der Waals surface area contributed by atoms with Gasteiger partial charge in [-0.05, 0) is 51.7 Å². The van der Waals surface area contributed by atoms with E-state index >= 15 is 0 Å². The number of carbonyl (C=O) groups is 2. The number of amides is 1. The van der Waals surface area contributed by atoms with Gasteiger partial charge in [-0.2, -0.15) is 0 Å². The smallest absolute Gasteiger partial charge is 0.338 e. The maximum Gasteiger partial charge on any atom is 0.338 e. The van der Waals surface area contributed by atoms with Crippen LogP contribution in [0.1, 0.15) is 35.7 Å². The molecule has 5 heteroatoms. The van der Waals surface area contributed by atoms with Gasteiger partial charge in [-0.3, -0.25) is 4.79 Å². The molecule has 0 heterocycles. The van der Waals surface area contributed by atoms with E-state index in [1.165, 1.54) is 0 Å². The SMILES string of the molecule is CC(C)c1ccc(C(=O)OCC(=O)Nc2ccccc2Br)cc1. The molecule has 1 N–H and O–H groups in total. The molecule has 4 nitrogen and oxygen atoms in total. The van der Waals surface area contributed by atoms with Gasteiger partial charge in [-0.15, -0.1) is 0 Å². The third kappa shape index (κ3) is 4.93. The molecule has 2 aromatic carbocycles. The van der Waals surface area contributed by atoms with E-state index in [9.17, 15) is 9.59 Å². The molecule has 0 bridgehead atoms. The lowest BCUT2D eigenvalue weighted by atomic mass is 10.0. The highest BCUT2D eigenvalue weighted by Gasteiger charge is 2.11. The van der Waals surface area contributed by atoms with Crippen molar-refractivity contribution in [3.63, 3.8) is 0 Å². The van der Waals surface area contributed by atoms with Crippen LogP contribution in [0.5, 0.6) is 0 Å². The number of para-hydroxylation sites is 1. The van der Waals surface area contributed by atoms with E-state index < -0.39 is 5.97 Å². The van der Waals surface area contributed by atoms with E-state index in [4.69, 9.17) is 4.74 Å². The highest BCUT2D eigenvalue weighted by Crippen LogP contribution is 2.21. The lowest BCUT2D eigenvalue weighted by Gasteiger charge is -2.09. The Hall–Kier alpha value is -2.14. The molecule has 0 radical (unpaired) electrons. The molecule has 0 saturated carbocycles. The lowest BCUT2D eigenvalue weighted by molar-refractivity contribution is -0.119. The van der Waals surface area contributed by atoms with Crippen molar-refractivity contribution in [2.24, 2.45) is 0 Å². The number of hydrogen-bond acceptors (Lipinski definition) is 3. The van der Waals surface area contributed by atoms with E-state index in [1.807, 2.05) is 30.3 Å². The first-order valence-electron chi connectivity index (χ1n) is 7.29. The molecule has 0 atom stereocenters. The Morgan fingerprint density at radius 2 is 1.74 bits per heavy atom. The molecule has 120 valence electrons. The van der Waals surface area contributed by atoms with Gasteiger partial charge in [0.05, 0.1) is 11.3 Å².